The first-order chi connectivity index (χ1) is 12.3. The van der Waals surface area contributed by atoms with Crippen LogP contribution in [-0.4, -0.2) is 19.3 Å². The van der Waals surface area contributed by atoms with Crippen molar-refractivity contribution in [1.82, 2.24) is 0 Å². The highest BCUT2D eigenvalue weighted by Crippen LogP contribution is 2.11. The Hall–Kier alpha value is -0.850. The Morgan fingerprint density at radius 2 is 1.48 bits per heavy atom. The van der Waals surface area contributed by atoms with Crippen LogP contribution >= 0.6 is 0 Å². The van der Waals surface area contributed by atoms with Gasteiger partial charge in [-0.05, 0) is 32.2 Å². The van der Waals surface area contributed by atoms with E-state index < -0.39 is 0 Å². The molecular weight excluding hydrogens is 308 g/mol. The summed E-state index contributed by atoms with van der Waals surface area (Å²) < 4.78 is 5.82. The first kappa shape index (κ1) is 26.4. The van der Waals surface area contributed by atoms with Crippen LogP contribution in [0.1, 0.15) is 104 Å². The van der Waals surface area contributed by atoms with E-state index in [2.05, 4.69) is 13.8 Å². The SMILES string of the molecule is CCC=CC#N.CCCCCCCCCCCCOC(CC)CCN. The lowest BCUT2D eigenvalue weighted by molar-refractivity contribution is 0.0440. The largest absolute Gasteiger partial charge is 0.378 e. The van der Waals surface area contributed by atoms with E-state index in [0.29, 0.717) is 6.10 Å². The van der Waals surface area contributed by atoms with Gasteiger partial charge >= 0.3 is 0 Å². The zero-order valence-electron chi connectivity index (χ0n) is 17.3. The average molecular weight is 353 g/mol. The Morgan fingerprint density at radius 1 is 0.920 bits per heavy atom. The van der Waals surface area contributed by atoms with Crippen LogP contribution < -0.4 is 5.73 Å². The molecule has 0 bridgehead atoms. The summed E-state index contributed by atoms with van der Waals surface area (Å²) in [5.41, 5.74) is 5.55. The molecule has 148 valence electrons. The third-order valence-electron chi connectivity index (χ3n) is 4.22. The van der Waals surface area contributed by atoms with Gasteiger partial charge in [-0.25, -0.2) is 0 Å². The van der Waals surface area contributed by atoms with Crippen LogP contribution in [0, 0.1) is 11.3 Å². The maximum Gasteiger partial charge on any atom is 0.0908 e. The molecule has 0 aromatic heterocycles. The van der Waals surface area contributed by atoms with Gasteiger partial charge in [0.2, 0.25) is 0 Å². The molecule has 0 aliphatic heterocycles. The zero-order chi connectivity index (χ0) is 19.0. The molecule has 0 radical (unpaired) electrons. The fourth-order valence-corrected chi connectivity index (χ4v) is 2.60. The minimum atomic E-state index is 0.392. The van der Waals surface area contributed by atoms with Gasteiger partial charge in [0.25, 0.3) is 0 Å². The highest BCUT2D eigenvalue weighted by Gasteiger charge is 2.04. The van der Waals surface area contributed by atoms with Crippen molar-refractivity contribution in [2.24, 2.45) is 5.73 Å². The number of allylic oxidation sites excluding steroid dienone is 2. The number of nitrogens with zero attached hydrogens (tertiary/aromatic N) is 1. The smallest absolute Gasteiger partial charge is 0.0908 e. The van der Waals surface area contributed by atoms with Crippen molar-refractivity contribution < 1.29 is 4.74 Å². The van der Waals surface area contributed by atoms with E-state index >= 15 is 0 Å². The van der Waals surface area contributed by atoms with Crippen molar-refractivity contribution in [2.45, 2.75) is 110 Å². The van der Waals surface area contributed by atoms with E-state index in [9.17, 15) is 0 Å². The molecule has 0 amide bonds. The second kappa shape index (κ2) is 25.4. The van der Waals surface area contributed by atoms with E-state index in [0.717, 1.165) is 32.4 Å². The Morgan fingerprint density at radius 3 is 1.88 bits per heavy atom. The molecule has 0 aliphatic carbocycles. The normalized spacial score (nSPS) is 11.8. The summed E-state index contributed by atoms with van der Waals surface area (Å²) in [7, 11) is 0. The molecule has 0 rings (SSSR count). The molecule has 3 nitrogen and oxygen atoms in total. The number of nitrogens with two attached hydrogens (primary N) is 1. The molecule has 1 unspecified atom stereocenters. The van der Waals surface area contributed by atoms with Gasteiger partial charge in [0.1, 0.15) is 0 Å². The molecule has 0 saturated heterocycles. The minimum absolute atomic E-state index is 0.392. The van der Waals surface area contributed by atoms with E-state index in [4.69, 9.17) is 15.7 Å². The van der Waals surface area contributed by atoms with Crippen LogP contribution in [0.25, 0.3) is 0 Å². The van der Waals surface area contributed by atoms with Crippen LogP contribution in [0.15, 0.2) is 12.2 Å². The third kappa shape index (κ3) is 25.5. The standard InChI is InChI=1S/C17H37NO.C5H7N/c1-3-5-6-7-8-9-10-11-12-13-16-19-17(4-2)14-15-18;1-2-3-4-5-6/h17H,3-16,18H2,1-2H3;3-4H,2H2,1H3. The van der Waals surface area contributed by atoms with Gasteiger partial charge in [-0.1, -0.05) is 84.6 Å². The molecule has 25 heavy (non-hydrogen) atoms. The molecule has 3 heteroatoms. The second-order valence-corrected chi connectivity index (χ2v) is 6.60. The van der Waals surface area contributed by atoms with Crippen molar-refractivity contribution in [2.75, 3.05) is 13.2 Å². The molecule has 2 N–H and O–H groups in total. The number of hydrogen-bond donors (Lipinski definition) is 1. The summed E-state index contributed by atoms with van der Waals surface area (Å²) in [6, 6.07) is 1.89. The monoisotopic (exact) mass is 352 g/mol. The summed E-state index contributed by atoms with van der Waals surface area (Å²) in [5.74, 6) is 0. The Bertz CT molecular complexity index is 297. The summed E-state index contributed by atoms with van der Waals surface area (Å²) in [6.07, 6.45) is 20.6. The average Bonchev–Trinajstić information content (AvgIpc) is 2.64. The van der Waals surface area contributed by atoms with Crippen molar-refractivity contribution in [3.05, 3.63) is 12.2 Å². The van der Waals surface area contributed by atoms with Gasteiger partial charge < -0.3 is 10.5 Å². The van der Waals surface area contributed by atoms with Crippen molar-refractivity contribution in [3.8, 4) is 6.07 Å². The van der Waals surface area contributed by atoms with Gasteiger partial charge in [0, 0.05) is 12.7 Å². The highest BCUT2D eigenvalue weighted by molar-refractivity contribution is 5.00. The lowest BCUT2D eigenvalue weighted by Gasteiger charge is -2.14. The van der Waals surface area contributed by atoms with Crippen molar-refractivity contribution >= 4 is 0 Å². The molecular formula is C22H44N2O. The fraction of sp³-hybridized carbons (Fsp3) is 0.864. The van der Waals surface area contributed by atoms with Crippen LogP contribution in [0.4, 0.5) is 0 Å². The first-order valence-corrected chi connectivity index (χ1v) is 10.6. The van der Waals surface area contributed by atoms with Crippen LogP contribution in [0.3, 0.4) is 0 Å². The Kier molecular flexibility index (Phi) is 26.8. The molecule has 0 aromatic carbocycles. The lowest BCUT2D eigenvalue weighted by atomic mass is 10.1. The number of rotatable bonds is 16. The van der Waals surface area contributed by atoms with E-state index in [1.54, 1.807) is 0 Å². The highest BCUT2D eigenvalue weighted by atomic mass is 16.5. The maximum atomic E-state index is 7.86. The number of hydrogen-bond acceptors (Lipinski definition) is 3. The van der Waals surface area contributed by atoms with Crippen molar-refractivity contribution in [3.63, 3.8) is 0 Å². The lowest BCUT2D eigenvalue weighted by Crippen LogP contribution is -2.17. The van der Waals surface area contributed by atoms with Crippen LogP contribution in [0.2, 0.25) is 0 Å². The number of unbranched alkanes of at least 4 members (excludes halogenated alkanes) is 9. The number of ether oxygens (including phenoxy) is 1. The number of nitriles is 1. The summed E-state index contributed by atoms with van der Waals surface area (Å²) in [5, 5.41) is 7.86. The molecule has 0 aliphatic rings. The van der Waals surface area contributed by atoms with Gasteiger partial charge in [-0.3, -0.25) is 0 Å². The minimum Gasteiger partial charge on any atom is -0.378 e. The molecule has 1 atom stereocenters. The van der Waals surface area contributed by atoms with E-state index in [1.807, 2.05) is 19.1 Å². The van der Waals surface area contributed by atoms with Gasteiger partial charge in [0.05, 0.1) is 12.2 Å². The second-order valence-electron chi connectivity index (χ2n) is 6.60. The quantitative estimate of drug-likeness (QED) is 0.254. The molecule has 0 spiro atoms. The van der Waals surface area contributed by atoms with Gasteiger partial charge in [0.15, 0.2) is 0 Å². The molecule has 0 fully saturated rings. The first-order valence-electron chi connectivity index (χ1n) is 10.6. The predicted molar refractivity (Wildman–Crippen MR) is 111 cm³/mol. The summed E-state index contributed by atoms with van der Waals surface area (Å²) >= 11 is 0. The van der Waals surface area contributed by atoms with E-state index in [1.165, 1.54) is 70.3 Å². The third-order valence-corrected chi connectivity index (χ3v) is 4.22. The van der Waals surface area contributed by atoms with Crippen LogP contribution in [-0.2, 0) is 4.74 Å². The summed E-state index contributed by atoms with van der Waals surface area (Å²) in [4.78, 5) is 0. The Balaban J connectivity index is 0. The van der Waals surface area contributed by atoms with Crippen LogP contribution in [0.5, 0.6) is 0 Å². The fourth-order valence-electron chi connectivity index (χ4n) is 2.60. The maximum absolute atomic E-state index is 7.86. The Labute approximate surface area is 158 Å². The topological polar surface area (TPSA) is 59.0 Å². The zero-order valence-corrected chi connectivity index (χ0v) is 17.3. The molecule has 0 saturated carbocycles. The van der Waals surface area contributed by atoms with Gasteiger partial charge in [-0.2, -0.15) is 5.26 Å². The predicted octanol–water partition coefficient (Wildman–Crippen LogP) is 6.53. The van der Waals surface area contributed by atoms with Crippen molar-refractivity contribution in [1.29, 1.82) is 5.26 Å². The van der Waals surface area contributed by atoms with Gasteiger partial charge in [-0.15, -0.1) is 0 Å². The molecule has 0 heterocycles. The summed E-state index contributed by atoms with van der Waals surface area (Å²) in [6.45, 7) is 8.12. The molecule has 0 aromatic rings. The van der Waals surface area contributed by atoms with E-state index in [-0.39, 0.29) is 0 Å².